The molecule has 2 aromatic carbocycles. The number of nitrogens with one attached hydrogen (secondary N) is 1. The van der Waals surface area contributed by atoms with Crippen molar-refractivity contribution in [2.75, 3.05) is 11.9 Å². The molecule has 1 N–H and O–H groups in total. The van der Waals surface area contributed by atoms with Crippen LogP contribution in [0.5, 0.6) is 0 Å². The lowest BCUT2D eigenvalue weighted by Crippen LogP contribution is -2.39. The summed E-state index contributed by atoms with van der Waals surface area (Å²) in [7, 11) is 0. The number of nitrogens with zero attached hydrogens (tertiary/aromatic N) is 5. The highest BCUT2D eigenvalue weighted by Crippen LogP contribution is 2.28. The van der Waals surface area contributed by atoms with E-state index in [2.05, 4.69) is 49.3 Å². The molecular weight excluding hydrogens is 516 g/mol. The Morgan fingerprint density at radius 3 is 2.46 bits per heavy atom. The molecule has 0 unspecified atom stereocenters. The van der Waals surface area contributed by atoms with Gasteiger partial charge in [0.25, 0.3) is 5.56 Å². The highest BCUT2D eigenvalue weighted by molar-refractivity contribution is 5.77. The van der Waals surface area contributed by atoms with E-state index in [-0.39, 0.29) is 23.1 Å². The Balaban J connectivity index is 1.47. The van der Waals surface area contributed by atoms with Crippen molar-refractivity contribution in [3.63, 3.8) is 0 Å². The highest BCUT2D eigenvalue weighted by atomic mass is 16.6. The molecule has 9 nitrogen and oxygen atoms in total. The number of ether oxygens (including phenoxy) is 1. The van der Waals surface area contributed by atoms with E-state index in [1.165, 1.54) is 5.56 Å². The number of hydrogen-bond donors (Lipinski definition) is 1. The monoisotopic (exact) mass is 556 g/mol. The van der Waals surface area contributed by atoms with Crippen LogP contribution in [0.1, 0.15) is 78.1 Å². The third-order valence-electron chi connectivity index (χ3n) is 7.20. The van der Waals surface area contributed by atoms with Crippen molar-refractivity contribution in [2.24, 2.45) is 0 Å². The van der Waals surface area contributed by atoms with Gasteiger partial charge in [-0.25, -0.2) is 19.1 Å². The maximum Gasteiger partial charge on any atom is 0.410 e. The van der Waals surface area contributed by atoms with Gasteiger partial charge in [0.05, 0.1) is 5.69 Å². The summed E-state index contributed by atoms with van der Waals surface area (Å²) >= 11 is 0. The molecule has 1 aliphatic rings. The Hall–Kier alpha value is -4.14. The second kappa shape index (κ2) is 10.4. The Morgan fingerprint density at radius 1 is 1.02 bits per heavy atom. The lowest BCUT2D eigenvalue weighted by atomic mass is 9.87. The standard InChI is InChI=1S/C32H40N6O3/c1-20(2)37-28(39)26-18-33-29(35-27(26)38(37)25-11-9-10-23(17-25)31(3,4)5)34-24-13-12-22-19-36(15-14-21(22)16-24)30(40)41-32(6,7)8/h9-13,16-18,20H,14-15,19H2,1-8H3,(H,33,34,35). The Bertz CT molecular complexity index is 1670. The summed E-state index contributed by atoms with van der Waals surface area (Å²) in [5, 5.41) is 3.80. The molecule has 0 radical (unpaired) electrons. The van der Waals surface area contributed by atoms with E-state index in [9.17, 15) is 9.59 Å². The third kappa shape index (κ3) is 5.85. The average Bonchev–Trinajstić information content (AvgIpc) is 3.18. The quantitative estimate of drug-likeness (QED) is 0.308. The molecule has 0 spiro atoms. The number of hydrogen-bond acceptors (Lipinski definition) is 6. The third-order valence-corrected chi connectivity index (χ3v) is 7.20. The number of aromatic nitrogens is 4. The van der Waals surface area contributed by atoms with Crippen LogP contribution in [0.4, 0.5) is 16.4 Å². The molecule has 0 fully saturated rings. The summed E-state index contributed by atoms with van der Waals surface area (Å²) in [4.78, 5) is 37.1. The highest BCUT2D eigenvalue weighted by Gasteiger charge is 2.26. The van der Waals surface area contributed by atoms with Crippen molar-refractivity contribution >= 4 is 28.8 Å². The summed E-state index contributed by atoms with van der Waals surface area (Å²) < 4.78 is 9.19. The van der Waals surface area contributed by atoms with Gasteiger partial charge < -0.3 is 15.0 Å². The molecule has 0 saturated heterocycles. The summed E-state index contributed by atoms with van der Waals surface area (Å²) in [6, 6.07) is 14.2. The zero-order valence-corrected chi connectivity index (χ0v) is 25.3. The van der Waals surface area contributed by atoms with Gasteiger partial charge in [0.2, 0.25) is 5.95 Å². The number of rotatable bonds is 4. The zero-order chi connectivity index (χ0) is 29.7. The van der Waals surface area contributed by atoms with Crippen molar-refractivity contribution in [2.45, 2.75) is 85.4 Å². The fraction of sp³-hybridized carbons (Fsp3) is 0.438. The SMILES string of the molecule is CC(C)n1c(=O)c2cnc(Nc3ccc4c(c3)CCN(C(=O)OC(C)(C)C)C4)nc2n1-c1cccc(C(C)(C)C)c1. The summed E-state index contributed by atoms with van der Waals surface area (Å²) in [5.41, 5.74) is 5.02. The first-order chi connectivity index (χ1) is 19.2. The van der Waals surface area contributed by atoms with Gasteiger partial charge in [-0.1, -0.05) is 39.0 Å². The minimum atomic E-state index is -0.525. The minimum absolute atomic E-state index is 0.0417. The summed E-state index contributed by atoms with van der Waals surface area (Å²) in [5.74, 6) is 0.408. The van der Waals surface area contributed by atoms with Crippen LogP contribution in [0, 0.1) is 0 Å². The molecule has 3 heterocycles. The molecule has 0 atom stereocenters. The van der Waals surface area contributed by atoms with Crippen LogP contribution >= 0.6 is 0 Å². The second-order valence-corrected chi connectivity index (χ2v) is 13.0. The molecule has 216 valence electrons. The van der Waals surface area contributed by atoms with Gasteiger partial charge in [0.15, 0.2) is 5.65 Å². The van der Waals surface area contributed by atoms with Crippen LogP contribution in [-0.4, -0.2) is 42.5 Å². The molecule has 1 aliphatic heterocycles. The van der Waals surface area contributed by atoms with Crippen LogP contribution in [0.25, 0.3) is 16.7 Å². The number of fused-ring (bicyclic) bond motifs is 2. The van der Waals surface area contributed by atoms with E-state index >= 15 is 0 Å². The fourth-order valence-electron chi connectivity index (χ4n) is 5.12. The van der Waals surface area contributed by atoms with Crippen LogP contribution < -0.4 is 10.9 Å². The molecular formula is C32H40N6O3. The normalized spacial score (nSPS) is 13.9. The van der Waals surface area contributed by atoms with Crippen molar-refractivity contribution in [1.29, 1.82) is 0 Å². The molecule has 2 aromatic heterocycles. The number of carbonyl (C=O) groups is 1. The number of carbonyl (C=O) groups excluding carboxylic acids is 1. The van der Waals surface area contributed by atoms with Crippen molar-refractivity contribution in [3.8, 4) is 5.69 Å². The Labute approximate surface area is 241 Å². The van der Waals surface area contributed by atoms with Gasteiger partial charge in [-0.3, -0.25) is 4.79 Å². The van der Waals surface area contributed by atoms with Gasteiger partial charge >= 0.3 is 6.09 Å². The number of amides is 1. The van der Waals surface area contributed by atoms with Gasteiger partial charge in [-0.2, -0.15) is 4.98 Å². The Kier molecular flexibility index (Phi) is 7.17. The molecule has 1 amide bonds. The van der Waals surface area contributed by atoms with E-state index in [0.29, 0.717) is 30.1 Å². The lowest BCUT2D eigenvalue weighted by molar-refractivity contribution is 0.0224. The summed E-state index contributed by atoms with van der Waals surface area (Å²) in [6.45, 7) is 17.2. The number of anilines is 2. The Morgan fingerprint density at radius 2 is 1.78 bits per heavy atom. The van der Waals surface area contributed by atoms with Crippen LogP contribution in [0.15, 0.2) is 53.5 Å². The van der Waals surface area contributed by atoms with E-state index in [1.54, 1.807) is 15.8 Å². The van der Waals surface area contributed by atoms with Crippen molar-refractivity contribution in [3.05, 3.63) is 75.7 Å². The minimum Gasteiger partial charge on any atom is -0.444 e. The molecule has 0 saturated carbocycles. The average molecular weight is 557 g/mol. The van der Waals surface area contributed by atoms with E-state index in [1.807, 2.05) is 63.6 Å². The maximum atomic E-state index is 13.4. The zero-order valence-electron chi connectivity index (χ0n) is 25.3. The van der Waals surface area contributed by atoms with Gasteiger partial charge in [-0.15, -0.1) is 0 Å². The van der Waals surface area contributed by atoms with Crippen LogP contribution in [0.3, 0.4) is 0 Å². The molecule has 0 aliphatic carbocycles. The van der Waals surface area contributed by atoms with E-state index in [0.717, 1.165) is 28.9 Å². The van der Waals surface area contributed by atoms with E-state index in [4.69, 9.17) is 9.72 Å². The first kappa shape index (κ1) is 28.4. The topological polar surface area (TPSA) is 94.3 Å². The molecule has 0 bridgehead atoms. The van der Waals surface area contributed by atoms with Gasteiger partial charge in [0, 0.05) is 31.0 Å². The largest absolute Gasteiger partial charge is 0.444 e. The van der Waals surface area contributed by atoms with Crippen LogP contribution in [0.2, 0.25) is 0 Å². The fourth-order valence-corrected chi connectivity index (χ4v) is 5.12. The molecule has 4 aromatic rings. The predicted octanol–water partition coefficient (Wildman–Crippen LogP) is 6.50. The van der Waals surface area contributed by atoms with Crippen molar-refractivity contribution < 1.29 is 9.53 Å². The van der Waals surface area contributed by atoms with Crippen molar-refractivity contribution in [1.82, 2.24) is 24.2 Å². The second-order valence-electron chi connectivity index (χ2n) is 13.0. The predicted molar refractivity (Wildman–Crippen MR) is 162 cm³/mol. The number of benzene rings is 2. The first-order valence-electron chi connectivity index (χ1n) is 14.2. The molecule has 5 rings (SSSR count). The van der Waals surface area contributed by atoms with Gasteiger partial charge in [-0.05, 0) is 87.4 Å². The summed E-state index contributed by atoms with van der Waals surface area (Å²) in [6.07, 6.45) is 2.04. The smallest absolute Gasteiger partial charge is 0.410 e. The first-order valence-corrected chi connectivity index (χ1v) is 14.2. The molecule has 9 heteroatoms. The van der Waals surface area contributed by atoms with Crippen LogP contribution in [-0.2, 0) is 23.1 Å². The lowest BCUT2D eigenvalue weighted by Gasteiger charge is -2.31. The van der Waals surface area contributed by atoms with Gasteiger partial charge in [0.1, 0.15) is 11.0 Å². The van der Waals surface area contributed by atoms with E-state index < -0.39 is 5.60 Å². The maximum absolute atomic E-state index is 13.4. The molecule has 41 heavy (non-hydrogen) atoms.